The predicted molar refractivity (Wildman–Crippen MR) is 96.6 cm³/mol. The third kappa shape index (κ3) is 7.18. The Morgan fingerprint density at radius 1 is 1.26 bits per heavy atom. The number of carbonyl (C=O) groups excluding carboxylic acids is 1. The van der Waals surface area contributed by atoms with Crippen molar-refractivity contribution in [2.45, 2.75) is 13.0 Å². The number of methoxy groups -OCH3 is 1. The summed E-state index contributed by atoms with van der Waals surface area (Å²) in [6.07, 6.45) is 2.73. The molecule has 8 heteroatoms. The first-order valence-electron chi connectivity index (χ1n) is 7.17. The van der Waals surface area contributed by atoms with Gasteiger partial charge in [-0.2, -0.15) is 0 Å². The van der Waals surface area contributed by atoms with Crippen LogP contribution in [-0.4, -0.2) is 48.8 Å². The molecule has 0 fully saturated rings. The molecule has 0 unspecified atom stereocenters. The second-order valence-electron chi connectivity index (χ2n) is 4.80. The number of halogens is 2. The number of aryl methyl sites for hydroxylation is 1. The SMILES string of the molecule is COCCNCC(=O)NCCCn1cnc2ccccc21.Cl.Cl. The molecule has 0 saturated carbocycles. The van der Waals surface area contributed by atoms with Crippen molar-refractivity contribution in [1.29, 1.82) is 0 Å². The van der Waals surface area contributed by atoms with Gasteiger partial charge in [-0.15, -0.1) is 24.8 Å². The molecule has 2 aromatic rings. The summed E-state index contributed by atoms with van der Waals surface area (Å²) in [5, 5.41) is 5.91. The number of hydrogen-bond donors (Lipinski definition) is 2. The van der Waals surface area contributed by atoms with Gasteiger partial charge in [0.25, 0.3) is 0 Å². The third-order valence-electron chi connectivity index (χ3n) is 3.19. The summed E-state index contributed by atoms with van der Waals surface area (Å²) in [4.78, 5) is 15.9. The lowest BCUT2D eigenvalue weighted by atomic mass is 10.3. The number of para-hydroxylation sites is 2. The van der Waals surface area contributed by atoms with E-state index in [1.165, 1.54) is 0 Å². The Hall–Kier alpha value is -1.34. The van der Waals surface area contributed by atoms with Crippen molar-refractivity contribution in [1.82, 2.24) is 20.2 Å². The van der Waals surface area contributed by atoms with Gasteiger partial charge >= 0.3 is 0 Å². The molecule has 2 N–H and O–H groups in total. The summed E-state index contributed by atoms with van der Waals surface area (Å²) >= 11 is 0. The van der Waals surface area contributed by atoms with Crippen LogP contribution in [0.1, 0.15) is 6.42 Å². The number of benzene rings is 1. The molecule has 2 rings (SSSR count). The number of nitrogens with one attached hydrogen (secondary N) is 2. The van der Waals surface area contributed by atoms with E-state index in [9.17, 15) is 4.79 Å². The molecule has 0 atom stereocenters. The Balaban J connectivity index is 0.00000242. The van der Waals surface area contributed by atoms with Gasteiger partial charge in [-0.25, -0.2) is 4.98 Å². The Bertz CT molecular complexity index is 577. The fourth-order valence-corrected chi connectivity index (χ4v) is 2.10. The van der Waals surface area contributed by atoms with Crippen molar-refractivity contribution >= 4 is 41.8 Å². The number of rotatable bonds is 9. The van der Waals surface area contributed by atoms with Gasteiger partial charge in [0.15, 0.2) is 0 Å². The first kappa shape index (κ1) is 21.7. The Morgan fingerprint density at radius 2 is 2.04 bits per heavy atom. The normalized spacial score (nSPS) is 9.96. The number of hydrogen-bond acceptors (Lipinski definition) is 4. The van der Waals surface area contributed by atoms with Crippen LogP contribution in [0.25, 0.3) is 11.0 Å². The van der Waals surface area contributed by atoms with E-state index in [0.29, 0.717) is 26.2 Å². The smallest absolute Gasteiger partial charge is 0.233 e. The fraction of sp³-hybridized carbons (Fsp3) is 0.467. The van der Waals surface area contributed by atoms with Gasteiger partial charge in [-0.1, -0.05) is 12.1 Å². The van der Waals surface area contributed by atoms with Crippen LogP contribution in [0.4, 0.5) is 0 Å². The first-order valence-corrected chi connectivity index (χ1v) is 7.17. The quantitative estimate of drug-likeness (QED) is 0.665. The Labute approximate surface area is 148 Å². The zero-order valence-electron chi connectivity index (χ0n) is 13.2. The first-order chi connectivity index (χ1) is 10.3. The van der Waals surface area contributed by atoms with E-state index >= 15 is 0 Å². The molecule has 1 aromatic carbocycles. The maximum Gasteiger partial charge on any atom is 0.233 e. The minimum Gasteiger partial charge on any atom is -0.383 e. The van der Waals surface area contributed by atoms with Crippen LogP contribution < -0.4 is 10.6 Å². The summed E-state index contributed by atoms with van der Waals surface area (Å²) in [7, 11) is 1.64. The number of fused-ring (bicyclic) bond motifs is 1. The van der Waals surface area contributed by atoms with Crippen LogP contribution in [0, 0.1) is 0 Å². The number of nitrogens with zero attached hydrogens (tertiary/aromatic N) is 2. The molecule has 130 valence electrons. The molecule has 0 bridgehead atoms. The molecule has 23 heavy (non-hydrogen) atoms. The topological polar surface area (TPSA) is 68.2 Å². The minimum atomic E-state index is 0. The van der Waals surface area contributed by atoms with Gasteiger partial charge in [0.05, 0.1) is 30.5 Å². The number of aromatic nitrogens is 2. The zero-order chi connectivity index (χ0) is 14.9. The molecule has 0 radical (unpaired) electrons. The fourth-order valence-electron chi connectivity index (χ4n) is 2.10. The van der Waals surface area contributed by atoms with E-state index in [1.54, 1.807) is 7.11 Å². The Kier molecular flexibility index (Phi) is 11.4. The number of imidazole rings is 1. The lowest BCUT2D eigenvalue weighted by Gasteiger charge is -2.07. The molecule has 1 heterocycles. The second-order valence-corrected chi connectivity index (χ2v) is 4.80. The number of ether oxygens (including phenoxy) is 1. The third-order valence-corrected chi connectivity index (χ3v) is 3.19. The minimum absolute atomic E-state index is 0. The van der Waals surface area contributed by atoms with Crippen molar-refractivity contribution in [3.05, 3.63) is 30.6 Å². The van der Waals surface area contributed by atoms with Crippen molar-refractivity contribution in [2.75, 3.05) is 33.4 Å². The molecule has 0 aliphatic heterocycles. The highest BCUT2D eigenvalue weighted by molar-refractivity contribution is 5.85. The van der Waals surface area contributed by atoms with E-state index < -0.39 is 0 Å². The summed E-state index contributed by atoms with van der Waals surface area (Å²) in [5.74, 6) is 0.0154. The molecular weight excluding hydrogens is 339 g/mol. The molecule has 0 spiro atoms. The highest BCUT2D eigenvalue weighted by atomic mass is 35.5. The van der Waals surface area contributed by atoms with Gasteiger partial charge < -0.3 is 19.9 Å². The molecular formula is C15H24Cl2N4O2. The van der Waals surface area contributed by atoms with Gasteiger partial charge in [0.1, 0.15) is 0 Å². The zero-order valence-corrected chi connectivity index (χ0v) is 14.8. The second kappa shape index (κ2) is 12.1. The summed E-state index contributed by atoms with van der Waals surface area (Å²) in [6.45, 7) is 3.14. The largest absolute Gasteiger partial charge is 0.383 e. The molecule has 6 nitrogen and oxygen atoms in total. The average molecular weight is 363 g/mol. The van der Waals surface area contributed by atoms with Gasteiger partial charge in [-0.3, -0.25) is 4.79 Å². The lowest BCUT2D eigenvalue weighted by Crippen LogP contribution is -2.35. The van der Waals surface area contributed by atoms with Crippen molar-refractivity contribution < 1.29 is 9.53 Å². The highest BCUT2D eigenvalue weighted by Gasteiger charge is 2.02. The Morgan fingerprint density at radius 3 is 2.83 bits per heavy atom. The monoisotopic (exact) mass is 362 g/mol. The summed E-state index contributed by atoms with van der Waals surface area (Å²) < 4.78 is 7.01. The lowest BCUT2D eigenvalue weighted by molar-refractivity contribution is -0.120. The van der Waals surface area contributed by atoms with E-state index in [4.69, 9.17) is 4.74 Å². The molecule has 0 aliphatic carbocycles. The van der Waals surface area contributed by atoms with Crippen LogP contribution in [0.15, 0.2) is 30.6 Å². The average Bonchev–Trinajstić information content (AvgIpc) is 2.91. The van der Waals surface area contributed by atoms with E-state index in [0.717, 1.165) is 24.0 Å². The maximum atomic E-state index is 11.5. The van der Waals surface area contributed by atoms with Crippen molar-refractivity contribution in [3.8, 4) is 0 Å². The van der Waals surface area contributed by atoms with Crippen molar-refractivity contribution in [2.24, 2.45) is 0 Å². The molecule has 1 amide bonds. The standard InChI is InChI=1S/C15H22N4O2.2ClH/c1-21-10-8-16-11-15(20)17-7-4-9-19-12-18-13-5-2-3-6-14(13)19;;/h2-3,5-6,12,16H,4,7-11H2,1H3,(H,17,20);2*1H. The summed E-state index contributed by atoms with van der Waals surface area (Å²) in [6, 6.07) is 8.05. The highest BCUT2D eigenvalue weighted by Crippen LogP contribution is 2.11. The van der Waals surface area contributed by atoms with Crippen LogP contribution in [-0.2, 0) is 16.1 Å². The number of amides is 1. The van der Waals surface area contributed by atoms with Crippen LogP contribution >= 0.6 is 24.8 Å². The van der Waals surface area contributed by atoms with Gasteiger partial charge in [-0.05, 0) is 18.6 Å². The van der Waals surface area contributed by atoms with E-state index in [1.807, 2.05) is 24.5 Å². The number of carbonyl (C=O) groups is 1. The van der Waals surface area contributed by atoms with Crippen molar-refractivity contribution in [3.63, 3.8) is 0 Å². The van der Waals surface area contributed by atoms with Crippen LogP contribution in [0.5, 0.6) is 0 Å². The van der Waals surface area contributed by atoms with Crippen LogP contribution in [0.3, 0.4) is 0 Å². The predicted octanol–water partition coefficient (Wildman–Crippen LogP) is 1.62. The van der Waals surface area contributed by atoms with Gasteiger partial charge in [0.2, 0.25) is 5.91 Å². The van der Waals surface area contributed by atoms with E-state index in [-0.39, 0.29) is 30.7 Å². The molecule has 0 aliphatic rings. The van der Waals surface area contributed by atoms with Gasteiger partial charge in [0, 0.05) is 26.7 Å². The maximum absolute atomic E-state index is 11.5. The summed E-state index contributed by atoms with van der Waals surface area (Å²) in [5.41, 5.74) is 2.13. The van der Waals surface area contributed by atoms with Crippen LogP contribution in [0.2, 0.25) is 0 Å². The molecule has 1 aromatic heterocycles. The van der Waals surface area contributed by atoms with E-state index in [2.05, 4.69) is 26.3 Å². The molecule has 0 saturated heterocycles.